The van der Waals surface area contributed by atoms with Crippen LogP contribution in [-0.4, -0.2) is 25.5 Å². The van der Waals surface area contributed by atoms with Crippen molar-refractivity contribution in [2.45, 2.75) is 12.3 Å². The first-order chi connectivity index (χ1) is 7.81. The van der Waals surface area contributed by atoms with E-state index in [0.717, 1.165) is 12.1 Å². The molecule has 0 saturated heterocycles. The van der Waals surface area contributed by atoms with Gasteiger partial charge in [-0.3, -0.25) is 0 Å². The molecule has 0 heterocycles. The van der Waals surface area contributed by atoms with Crippen molar-refractivity contribution in [2.75, 3.05) is 14.2 Å². The molecule has 0 saturated carbocycles. The molecule has 0 radical (unpaired) electrons. The van der Waals surface area contributed by atoms with Crippen molar-refractivity contribution in [3.05, 3.63) is 22.2 Å². The number of aliphatic hydroxyl groups excluding tert-OH is 1. The summed E-state index contributed by atoms with van der Waals surface area (Å²) in [5.74, 6) is 0.310. The molecule has 1 rings (SSSR count). The fourth-order valence-electron chi connectivity index (χ4n) is 1.24. The fourth-order valence-corrected chi connectivity index (χ4v) is 1.79. The monoisotopic (exact) mass is 314 g/mol. The van der Waals surface area contributed by atoms with E-state index in [2.05, 4.69) is 15.9 Å². The van der Waals surface area contributed by atoms with Gasteiger partial charge in [0.25, 0.3) is 0 Å². The van der Waals surface area contributed by atoms with E-state index in [1.54, 1.807) is 0 Å². The van der Waals surface area contributed by atoms with Crippen LogP contribution in [0.3, 0.4) is 0 Å². The summed E-state index contributed by atoms with van der Waals surface area (Å²) in [6.45, 7) is 0. The zero-order valence-electron chi connectivity index (χ0n) is 9.01. The third-order valence-electron chi connectivity index (χ3n) is 2.09. The van der Waals surface area contributed by atoms with Gasteiger partial charge < -0.3 is 14.6 Å². The third-order valence-corrected chi connectivity index (χ3v) is 2.88. The predicted octanol–water partition coefficient (Wildman–Crippen LogP) is 3.06. The number of ether oxygens (including phenoxy) is 2. The highest BCUT2D eigenvalue weighted by molar-refractivity contribution is 9.10. The zero-order valence-corrected chi connectivity index (χ0v) is 10.6. The first-order valence-corrected chi connectivity index (χ1v) is 5.26. The second-order valence-electron chi connectivity index (χ2n) is 3.18. The lowest BCUT2D eigenvalue weighted by atomic mass is 10.1. The molecule has 3 nitrogen and oxygen atoms in total. The quantitative estimate of drug-likeness (QED) is 0.932. The van der Waals surface area contributed by atoms with Gasteiger partial charge in [0.1, 0.15) is 16.0 Å². The third kappa shape index (κ3) is 3.04. The van der Waals surface area contributed by atoms with Crippen LogP contribution < -0.4 is 9.47 Å². The number of hydrogen-bond acceptors (Lipinski definition) is 3. The molecule has 0 aromatic heterocycles. The van der Waals surface area contributed by atoms with Gasteiger partial charge in [0.2, 0.25) is 0 Å². The molecule has 1 N–H and O–H groups in total. The molecule has 1 aromatic carbocycles. The minimum absolute atomic E-state index is 0.155. The molecule has 0 spiro atoms. The fraction of sp³-hybridized carbons (Fsp3) is 0.400. The highest BCUT2D eigenvalue weighted by atomic mass is 79.9. The van der Waals surface area contributed by atoms with E-state index in [1.807, 2.05) is 0 Å². The van der Waals surface area contributed by atoms with Crippen LogP contribution in [0.15, 0.2) is 16.6 Å². The first kappa shape index (κ1) is 14.1. The van der Waals surface area contributed by atoms with Crippen molar-refractivity contribution >= 4 is 15.9 Å². The van der Waals surface area contributed by atoms with Crippen LogP contribution in [0.25, 0.3) is 0 Å². The summed E-state index contributed by atoms with van der Waals surface area (Å²) in [7, 11) is 2.62. The van der Waals surface area contributed by atoms with Crippen LogP contribution in [0, 0.1) is 0 Å². The van der Waals surface area contributed by atoms with E-state index in [0.29, 0.717) is 4.47 Å². The molecule has 1 aromatic rings. The molecule has 0 amide bonds. The lowest BCUT2D eigenvalue weighted by molar-refractivity contribution is -0.206. The van der Waals surface area contributed by atoms with E-state index in [9.17, 15) is 13.2 Å². The van der Waals surface area contributed by atoms with E-state index in [4.69, 9.17) is 14.6 Å². The Bertz CT molecular complexity index is 381. The number of aliphatic hydroxyl groups is 1. The Balaban J connectivity index is 3.27. The molecular weight excluding hydrogens is 305 g/mol. The number of methoxy groups -OCH3 is 2. The highest BCUT2D eigenvalue weighted by Crippen LogP contribution is 2.40. The Hall–Kier alpha value is -0.950. The molecule has 1 atom stereocenters. The topological polar surface area (TPSA) is 38.7 Å². The second kappa shape index (κ2) is 5.14. The maximum atomic E-state index is 12.4. The Morgan fingerprint density at radius 1 is 1.18 bits per heavy atom. The maximum absolute atomic E-state index is 12.4. The number of benzene rings is 1. The molecule has 0 aliphatic carbocycles. The van der Waals surface area contributed by atoms with Gasteiger partial charge in [0.15, 0.2) is 6.10 Å². The maximum Gasteiger partial charge on any atom is 0.418 e. The van der Waals surface area contributed by atoms with Crippen molar-refractivity contribution in [3.8, 4) is 11.5 Å². The number of alkyl halides is 3. The largest absolute Gasteiger partial charge is 0.495 e. The van der Waals surface area contributed by atoms with Crippen LogP contribution in [0.1, 0.15) is 11.7 Å². The molecule has 0 aliphatic rings. The molecule has 1 unspecified atom stereocenters. The zero-order chi connectivity index (χ0) is 13.2. The normalized spacial score (nSPS) is 13.4. The minimum atomic E-state index is -4.73. The van der Waals surface area contributed by atoms with Crippen molar-refractivity contribution in [2.24, 2.45) is 0 Å². The van der Waals surface area contributed by atoms with Crippen molar-refractivity contribution in [1.82, 2.24) is 0 Å². The lowest BCUT2D eigenvalue weighted by Gasteiger charge is -2.17. The summed E-state index contributed by atoms with van der Waals surface area (Å²) in [6.07, 6.45) is -7.30. The summed E-state index contributed by atoms with van der Waals surface area (Å²) in [4.78, 5) is 0. The Labute approximate surface area is 104 Å². The average molecular weight is 315 g/mol. The summed E-state index contributed by atoms with van der Waals surface area (Å²) in [6, 6.07) is 2.20. The van der Waals surface area contributed by atoms with Gasteiger partial charge in [0, 0.05) is 0 Å². The SMILES string of the molecule is COc1cc(C(O)C(F)(F)F)cc(OC)c1Br. The number of rotatable bonds is 3. The summed E-state index contributed by atoms with van der Waals surface area (Å²) < 4.78 is 47.3. The van der Waals surface area contributed by atoms with Crippen LogP contribution in [-0.2, 0) is 0 Å². The number of halogens is 4. The predicted molar refractivity (Wildman–Crippen MR) is 58.3 cm³/mol. The minimum Gasteiger partial charge on any atom is -0.495 e. The standard InChI is InChI=1S/C10H10BrF3O3/c1-16-6-3-5(9(15)10(12,13)14)4-7(17-2)8(6)11/h3-4,9,15H,1-2H3. The van der Waals surface area contributed by atoms with Gasteiger partial charge >= 0.3 is 6.18 Å². The van der Waals surface area contributed by atoms with Crippen LogP contribution >= 0.6 is 15.9 Å². The van der Waals surface area contributed by atoms with Gasteiger partial charge in [-0.15, -0.1) is 0 Å². The van der Waals surface area contributed by atoms with E-state index < -0.39 is 12.3 Å². The number of hydrogen-bond donors (Lipinski definition) is 1. The van der Waals surface area contributed by atoms with Gasteiger partial charge in [-0.2, -0.15) is 13.2 Å². The summed E-state index contributed by atoms with van der Waals surface area (Å²) in [5, 5.41) is 9.14. The van der Waals surface area contributed by atoms with E-state index in [-0.39, 0.29) is 17.1 Å². The van der Waals surface area contributed by atoms with Crippen molar-refractivity contribution in [1.29, 1.82) is 0 Å². The lowest BCUT2D eigenvalue weighted by Crippen LogP contribution is -2.20. The van der Waals surface area contributed by atoms with Crippen LogP contribution in [0.5, 0.6) is 11.5 Å². The Kier molecular flexibility index (Phi) is 4.26. The Morgan fingerprint density at radius 3 is 1.88 bits per heavy atom. The molecule has 96 valence electrons. The van der Waals surface area contributed by atoms with Crippen molar-refractivity contribution < 1.29 is 27.8 Å². The van der Waals surface area contributed by atoms with Gasteiger partial charge in [-0.05, 0) is 33.6 Å². The van der Waals surface area contributed by atoms with Crippen molar-refractivity contribution in [3.63, 3.8) is 0 Å². The average Bonchev–Trinajstić information content (AvgIpc) is 2.27. The smallest absolute Gasteiger partial charge is 0.418 e. The molecule has 0 bridgehead atoms. The van der Waals surface area contributed by atoms with Crippen LogP contribution in [0.2, 0.25) is 0 Å². The van der Waals surface area contributed by atoms with Gasteiger partial charge in [-0.25, -0.2) is 0 Å². The first-order valence-electron chi connectivity index (χ1n) is 4.47. The van der Waals surface area contributed by atoms with Crippen LogP contribution in [0.4, 0.5) is 13.2 Å². The molecule has 0 aliphatic heterocycles. The Morgan fingerprint density at radius 2 is 1.59 bits per heavy atom. The van der Waals surface area contributed by atoms with E-state index >= 15 is 0 Å². The summed E-state index contributed by atoms with van der Waals surface area (Å²) in [5.41, 5.74) is -0.339. The highest BCUT2D eigenvalue weighted by Gasteiger charge is 2.40. The molecular formula is C10H10BrF3O3. The van der Waals surface area contributed by atoms with Gasteiger partial charge in [-0.1, -0.05) is 0 Å². The second-order valence-corrected chi connectivity index (χ2v) is 3.98. The summed E-state index contributed by atoms with van der Waals surface area (Å²) >= 11 is 3.12. The molecule has 7 heteroatoms. The van der Waals surface area contributed by atoms with Gasteiger partial charge in [0.05, 0.1) is 14.2 Å². The molecule has 17 heavy (non-hydrogen) atoms. The molecule has 0 fully saturated rings. The van der Waals surface area contributed by atoms with E-state index in [1.165, 1.54) is 14.2 Å².